The number of benzene rings is 1. The highest BCUT2D eigenvalue weighted by molar-refractivity contribution is 7.84. The van der Waals surface area contributed by atoms with Crippen molar-refractivity contribution in [3.63, 3.8) is 0 Å². The number of halogens is 2. The van der Waals surface area contributed by atoms with Crippen molar-refractivity contribution in [1.82, 2.24) is 9.97 Å². The van der Waals surface area contributed by atoms with Gasteiger partial charge in [0.25, 0.3) is 0 Å². The van der Waals surface area contributed by atoms with Crippen LogP contribution in [0.3, 0.4) is 0 Å². The van der Waals surface area contributed by atoms with E-state index in [0.29, 0.717) is 39.3 Å². The van der Waals surface area contributed by atoms with Crippen LogP contribution in [0.2, 0.25) is 9.36 Å². The summed E-state index contributed by atoms with van der Waals surface area (Å²) in [4.78, 5) is 22.0. The smallest absolute Gasteiger partial charge is 0.333 e. The van der Waals surface area contributed by atoms with Gasteiger partial charge in [-0.1, -0.05) is 35.3 Å². The van der Waals surface area contributed by atoms with E-state index in [4.69, 9.17) is 28.3 Å². The summed E-state index contributed by atoms with van der Waals surface area (Å²) < 4.78 is 27.2. The fraction of sp³-hybridized carbons (Fsp3) is 0.318. The predicted octanol–water partition coefficient (Wildman–Crippen LogP) is 3.44. The van der Waals surface area contributed by atoms with Gasteiger partial charge >= 0.3 is 10.3 Å². The summed E-state index contributed by atoms with van der Waals surface area (Å²) in [5.74, 6) is -0.405. The van der Waals surface area contributed by atoms with E-state index in [9.17, 15) is 18.3 Å². The van der Waals surface area contributed by atoms with Gasteiger partial charge in [0.1, 0.15) is 12.1 Å². The first-order valence-electron chi connectivity index (χ1n) is 10.6. The molecule has 1 aromatic carbocycles. The van der Waals surface area contributed by atoms with Crippen molar-refractivity contribution >= 4 is 56.4 Å². The van der Waals surface area contributed by atoms with Gasteiger partial charge in [-0.3, -0.25) is 8.98 Å². The maximum Gasteiger partial charge on any atom is 0.333 e. The van der Waals surface area contributed by atoms with E-state index in [-0.39, 0.29) is 24.0 Å². The van der Waals surface area contributed by atoms with Crippen LogP contribution in [0.15, 0.2) is 42.9 Å². The summed E-state index contributed by atoms with van der Waals surface area (Å²) in [6.45, 7) is -0.225. The third kappa shape index (κ3) is 6.76. The zero-order valence-electron chi connectivity index (χ0n) is 18.2. The molecule has 9 nitrogen and oxygen atoms in total. The highest BCUT2D eigenvalue weighted by Gasteiger charge is 2.35. The van der Waals surface area contributed by atoms with E-state index in [1.54, 1.807) is 12.1 Å². The minimum atomic E-state index is -4.10. The van der Waals surface area contributed by atoms with Crippen molar-refractivity contribution in [2.75, 3.05) is 11.9 Å². The van der Waals surface area contributed by atoms with Crippen molar-refractivity contribution < 1.29 is 22.5 Å². The molecule has 1 fully saturated rings. The number of anilines is 1. The van der Waals surface area contributed by atoms with Gasteiger partial charge in [-0.15, -0.1) is 11.3 Å². The zero-order valence-corrected chi connectivity index (χ0v) is 21.4. The quantitative estimate of drug-likeness (QED) is 0.340. The molecule has 3 atom stereocenters. The molecule has 1 saturated carbocycles. The topological polar surface area (TPSA) is 144 Å². The molecule has 35 heavy (non-hydrogen) atoms. The number of rotatable bonds is 9. The molecule has 1 aliphatic carbocycles. The number of thiophene rings is 1. The Morgan fingerprint density at radius 3 is 2.83 bits per heavy atom. The lowest BCUT2D eigenvalue weighted by atomic mass is 10.1. The average molecular weight is 557 g/mol. The van der Waals surface area contributed by atoms with E-state index >= 15 is 0 Å². The number of nitrogens with one attached hydrogen (secondary N) is 1. The molecule has 4 rings (SSSR count). The standard InChI is InChI=1S/C22H22Cl2N4O5S2/c23-15-3-1-2-12(5-15)4-13-7-19(34-21(13)24)20(30)17-9-26-11-27-22(17)28-16-6-14(18(29)8-16)10-33-35(25,31)32/h1-3,5,7,9,11,14,16,18,29H,4,6,8,10H2,(H2,25,31,32)(H,26,27,28)/t14-,16?,18+/m1/s1. The fourth-order valence-electron chi connectivity index (χ4n) is 4.02. The largest absolute Gasteiger partial charge is 0.393 e. The second kappa shape index (κ2) is 10.9. The molecular weight excluding hydrogens is 535 g/mol. The highest BCUT2D eigenvalue weighted by atomic mass is 35.5. The Morgan fingerprint density at radius 1 is 1.29 bits per heavy atom. The maximum atomic E-state index is 13.3. The van der Waals surface area contributed by atoms with Gasteiger partial charge in [0, 0.05) is 23.2 Å². The highest BCUT2D eigenvalue weighted by Crippen LogP contribution is 2.33. The summed E-state index contributed by atoms with van der Waals surface area (Å²) in [5.41, 5.74) is 2.05. The van der Waals surface area contributed by atoms with Crippen LogP contribution in [0, 0.1) is 5.92 Å². The van der Waals surface area contributed by atoms with Crippen molar-refractivity contribution in [2.45, 2.75) is 31.4 Å². The van der Waals surface area contributed by atoms with Crippen LogP contribution in [0.1, 0.15) is 39.2 Å². The molecule has 2 aromatic heterocycles. The van der Waals surface area contributed by atoms with Crippen LogP contribution in [-0.2, 0) is 20.9 Å². The van der Waals surface area contributed by atoms with Crippen LogP contribution in [0.25, 0.3) is 0 Å². The second-order valence-corrected chi connectivity index (χ2v) is 11.6. The number of carbonyl (C=O) groups excluding carboxylic acids is 1. The zero-order chi connectivity index (χ0) is 25.2. The Kier molecular flexibility index (Phi) is 8.06. The number of hydrogen-bond acceptors (Lipinski definition) is 9. The molecule has 13 heteroatoms. The van der Waals surface area contributed by atoms with Gasteiger partial charge in [0.15, 0.2) is 0 Å². The molecule has 0 aliphatic heterocycles. The Hall–Kier alpha value is -2.12. The van der Waals surface area contributed by atoms with Gasteiger partial charge in [-0.2, -0.15) is 8.42 Å². The fourth-order valence-corrected chi connectivity index (χ4v) is 5.83. The molecule has 0 spiro atoms. The van der Waals surface area contributed by atoms with Crippen molar-refractivity contribution in [2.24, 2.45) is 11.1 Å². The maximum absolute atomic E-state index is 13.3. The van der Waals surface area contributed by atoms with Crippen LogP contribution >= 0.6 is 34.5 Å². The molecule has 1 unspecified atom stereocenters. The van der Waals surface area contributed by atoms with Crippen LogP contribution < -0.4 is 10.5 Å². The third-order valence-corrected chi connectivity index (χ3v) is 7.80. The molecule has 3 aromatic rings. The molecule has 186 valence electrons. The minimum Gasteiger partial charge on any atom is -0.393 e. The Balaban J connectivity index is 1.48. The lowest BCUT2D eigenvalue weighted by Crippen LogP contribution is -2.24. The van der Waals surface area contributed by atoms with Crippen LogP contribution in [0.5, 0.6) is 0 Å². The third-order valence-electron chi connectivity index (χ3n) is 5.67. The first-order valence-corrected chi connectivity index (χ1v) is 13.6. The first-order chi connectivity index (χ1) is 16.6. The Labute approximate surface area is 216 Å². The Bertz CT molecular complexity index is 1330. The van der Waals surface area contributed by atoms with Gasteiger partial charge < -0.3 is 10.4 Å². The lowest BCUT2D eigenvalue weighted by molar-refractivity contribution is 0.101. The van der Waals surface area contributed by atoms with Gasteiger partial charge in [0.2, 0.25) is 5.78 Å². The summed E-state index contributed by atoms with van der Waals surface area (Å²) in [6, 6.07) is 8.93. The number of aliphatic hydroxyl groups excluding tert-OH is 1. The van der Waals surface area contributed by atoms with Crippen LogP contribution in [-0.4, -0.2) is 48.0 Å². The summed E-state index contributed by atoms with van der Waals surface area (Å²) >= 11 is 13.7. The number of ketones is 1. The second-order valence-electron chi connectivity index (χ2n) is 8.25. The summed E-state index contributed by atoms with van der Waals surface area (Å²) in [6.07, 6.45) is 3.21. The normalized spacial score (nSPS) is 20.2. The summed E-state index contributed by atoms with van der Waals surface area (Å²) in [5, 5.41) is 19.0. The van der Waals surface area contributed by atoms with Gasteiger partial charge in [-0.05, 0) is 48.6 Å². The number of aliphatic hydroxyl groups is 1. The minimum absolute atomic E-state index is 0.225. The number of carbonyl (C=O) groups is 1. The van der Waals surface area contributed by atoms with Crippen molar-refractivity contribution in [3.8, 4) is 0 Å². The SMILES string of the molecule is NS(=O)(=O)OC[C@H]1CC(Nc2ncncc2C(=O)c2cc(Cc3cccc(Cl)c3)c(Cl)s2)C[C@@H]1O. The number of hydrogen-bond donors (Lipinski definition) is 3. The molecule has 2 heterocycles. The van der Waals surface area contributed by atoms with E-state index in [2.05, 4.69) is 19.5 Å². The first kappa shape index (κ1) is 26.0. The number of nitrogens with two attached hydrogens (primary N) is 1. The number of nitrogens with zero attached hydrogens (tertiary/aromatic N) is 2. The lowest BCUT2D eigenvalue weighted by Gasteiger charge is -2.15. The molecular formula is C22H22Cl2N4O5S2. The number of aromatic nitrogens is 2. The van der Waals surface area contributed by atoms with E-state index < -0.39 is 22.3 Å². The van der Waals surface area contributed by atoms with Crippen molar-refractivity contribution in [3.05, 3.63) is 73.8 Å². The summed E-state index contributed by atoms with van der Waals surface area (Å²) in [7, 11) is -4.10. The van der Waals surface area contributed by atoms with E-state index in [1.807, 2.05) is 18.2 Å². The average Bonchev–Trinajstić information content (AvgIpc) is 3.33. The Morgan fingerprint density at radius 2 is 2.09 bits per heavy atom. The molecule has 1 aliphatic rings. The molecule has 0 amide bonds. The van der Waals surface area contributed by atoms with Gasteiger partial charge in [0.05, 0.1) is 27.5 Å². The van der Waals surface area contributed by atoms with Crippen LogP contribution in [0.4, 0.5) is 5.82 Å². The molecule has 0 bridgehead atoms. The monoisotopic (exact) mass is 556 g/mol. The van der Waals surface area contributed by atoms with Gasteiger partial charge in [-0.25, -0.2) is 15.1 Å². The van der Waals surface area contributed by atoms with E-state index in [0.717, 1.165) is 11.1 Å². The van der Waals surface area contributed by atoms with Crippen molar-refractivity contribution in [1.29, 1.82) is 0 Å². The molecule has 0 saturated heterocycles. The molecule has 4 N–H and O–H groups in total. The predicted molar refractivity (Wildman–Crippen MR) is 134 cm³/mol. The van der Waals surface area contributed by atoms with E-state index in [1.165, 1.54) is 23.9 Å². The molecule has 0 radical (unpaired) electrons.